The number of ether oxygens (including phenoxy) is 1. The van der Waals surface area contributed by atoms with E-state index >= 15 is 0 Å². The molecular formula is C12H19N3O. The molecule has 16 heavy (non-hydrogen) atoms. The summed E-state index contributed by atoms with van der Waals surface area (Å²) >= 11 is 0. The molecule has 1 atom stereocenters. The Bertz CT molecular complexity index is 354. The van der Waals surface area contributed by atoms with Gasteiger partial charge in [0.05, 0.1) is 6.54 Å². The van der Waals surface area contributed by atoms with Gasteiger partial charge >= 0.3 is 0 Å². The lowest BCUT2D eigenvalue weighted by Gasteiger charge is -2.34. The summed E-state index contributed by atoms with van der Waals surface area (Å²) in [6.07, 6.45) is 2.06. The summed E-state index contributed by atoms with van der Waals surface area (Å²) in [6, 6.07) is 3.90. The van der Waals surface area contributed by atoms with Crippen LogP contribution >= 0.6 is 0 Å². The molecule has 1 unspecified atom stereocenters. The monoisotopic (exact) mass is 221 g/mol. The van der Waals surface area contributed by atoms with Crippen LogP contribution < -0.4 is 9.64 Å². The number of rotatable bonds is 3. The van der Waals surface area contributed by atoms with Crippen molar-refractivity contribution in [3.63, 3.8) is 0 Å². The minimum absolute atomic E-state index is 0.235. The van der Waals surface area contributed by atoms with Crippen molar-refractivity contribution in [2.75, 3.05) is 38.6 Å². The molecule has 0 amide bonds. The summed E-state index contributed by atoms with van der Waals surface area (Å²) < 4.78 is 5.75. The highest BCUT2D eigenvalue weighted by molar-refractivity contribution is 5.53. The zero-order valence-electron chi connectivity index (χ0n) is 10.2. The van der Waals surface area contributed by atoms with Crippen LogP contribution in [-0.4, -0.2) is 49.7 Å². The molecule has 1 aromatic heterocycles. The van der Waals surface area contributed by atoms with E-state index in [1.165, 1.54) is 0 Å². The van der Waals surface area contributed by atoms with Crippen LogP contribution in [0.3, 0.4) is 0 Å². The molecule has 1 aliphatic rings. The second-order valence-corrected chi connectivity index (χ2v) is 4.50. The first kappa shape index (κ1) is 11.2. The highest BCUT2D eigenvalue weighted by atomic mass is 16.5. The topological polar surface area (TPSA) is 28.6 Å². The number of anilines is 1. The van der Waals surface area contributed by atoms with Gasteiger partial charge in [-0.25, -0.2) is 4.98 Å². The van der Waals surface area contributed by atoms with Gasteiger partial charge in [-0.05, 0) is 33.2 Å². The van der Waals surface area contributed by atoms with E-state index in [0.29, 0.717) is 0 Å². The normalized spacial score (nSPS) is 19.5. The minimum atomic E-state index is 0.235. The molecule has 0 saturated carbocycles. The van der Waals surface area contributed by atoms with Gasteiger partial charge in [0.15, 0.2) is 11.6 Å². The molecule has 1 aromatic rings. The van der Waals surface area contributed by atoms with Crippen molar-refractivity contribution in [3.8, 4) is 5.75 Å². The molecule has 0 aliphatic carbocycles. The van der Waals surface area contributed by atoms with Crippen LogP contribution in [0.1, 0.15) is 6.92 Å². The van der Waals surface area contributed by atoms with Crippen molar-refractivity contribution in [2.24, 2.45) is 0 Å². The van der Waals surface area contributed by atoms with Crippen LogP contribution in [0.5, 0.6) is 5.75 Å². The summed E-state index contributed by atoms with van der Waals surface area (Å²) in [5.41, 5.74) is 0. The van der Waals surface area contributed by atoms with E-state index in [1.54, 1.807) is 0 Å². The number of aromatic nitrogens is 1. The average Bonchev–Trinajstić information content (AvgIpc) is 2.25. The number of nitrogens with zero attached hydrogens (tertiary/aromatic N) is 3. The quantitative estimate of drug-likeness (QED) is 0.767. The highest BCUT2D eigenvalue weighted by Gasteiger charge is 2.23. The summed E-state index contributed by atoms with van der Waals surface area (Å²) in [5, 5.41) is 0. The standard InChI is InChI=1S/C12H19N3O/c1-10-9-15(8-7-14(2)3)12-11(16-10)5-4-6-13-12/h4-6,10H,7-9H2,1-3H3. The smallest absolute Gasteiger partial charge is 0.171 e. The van der Waals surface area contributed by atoms with Crippen molar-refractivity contribution in [3.05, 3.63) is 18.3 Å². The van der Waals surface area contributed by atoms with Crippen LogP contribution in [0.4, 0.5) is 5.82 Å². The molecule has 0 fully saturated rings. The summed E-state index contributed by atoms with van der Waals surface area (Å²) in [5.74, 6) is 1.88. The maximum Gasteiger partial charge on any atom is 0.171 e. The Labute approximate surface area is 96.8 Å². The molecule has 88 valence electrons. The number of hydrogen-bond donors (Lipinski definition) is 0. The van der Waals surface area contributed by atoms with Crippen LogP contribution in [0.15, 0.2) is 18.3 Å². The lowest BCUT2D eigenvalue weighted by molar-refractivity contribution is 0.209. The van der Waals surface area contributed by atoms with E-state index in [1.807, 2.05) is 18.3 Å². The van der Waals surface area contributed by atoms with Gasteiger partial charge in [0, 0.05) is 19.3 Å². The molecule has 1 aliphatic heterocycles. The number of pyridine rings is 1. The molecule has 2 rings (SSSR count). The van der Waals surface area contributed by atoms with Crippen LogP contribution in [-0.2, 0) is 0 Å². The van der Waals surface area contributed by atoms with E-state index < -0.39 is 0 Å². The van der Waals surface area contributed by atoms with Gasteiger partial charge in [-0.2, -0.15) is 0 Å². The molecule has 4 nitrogen and oxygen atoms in total. The van der Waals surface area contributed by atoms with Crippen molar-refractivity contribution >= 4 is 5.82 Å². The first-order valence-electron chi connectivity index (χ1n) is 5.68. The van der Waals surface area contributed by atoms with Gasteiger partial charge in [0.1, 0.15) is 6.10 Å². The molecular weight excluding hydrogens is 202 g/mol. The maximum absolute atomic E-state index is 5.75. The van der Waals surface area contributed by atoms with Gasteiger partial charge in [-0.1, -0.05) is 0 Å². The summed E-state index contributed by atoms with van der Waals surface area (Å²) in [6.45, 7) is 5.03. The predicted molar refractivity (Wildman–Crippen MR) is 65.1 cm³/mol. The first-order chi connectivity index (χ1) is 7.66. The zero-order chi connectivity index (χ0) is 11.5. The fourth-order valence-electron chi connectivity index (χ4n) is 1.88. The Morgan fingerprint density at radius 3 is 3.12 bits per heavy atom. The molecule has 0 saturated heterocycles. The fraction of sp³-hybridized carbons (Fsp3) is 0.583. The second kappa shape index (κ2) is 4.70. The number of fused-ring (bicyclic) bond motifs is 1. The number of hydrogen-bond acceptors (Lipinski definition) is 4. The van der Waals surface area contributed by atoms with Gasteiger partial charge in [0.25, 0.3) is 0 Å². The Morgan fingerprint density at radius 2 is 2.38 bits per heavy atom. The van der Waals surface area contributed by atoms with Gasteiger partial charge in [-0.15, -0.1) is 0 Å². The van der Waals surface area contributed by atoms with Crippen LogP contribution in [0, 0.1) is 0 Å². The third-order valence-corrected chi connectivity index (χ3v) is 2.67. The van der Waals surface area contributed by atoms with E-state index in [-0.39, 0.29) is 6.10 Å². The SMILES string of the molecule is CC1CN(CCN(C)C)c2ncccc2O1. The summed E-state index contributed by atoms with van der Waals surface area (Å²) in [7, 11) is 4.17. The Morgan fingerprint density at radius 1 is 1.56 bits per heavy atom. The minimum Gasteiger partial charge on any atom is -0.485 e. The first-order valence-corrected chi connectivity index (χ1v) is 5.68. The third kappa shape index (κ3) is 2.44. The number of likely N-dealkylation sites (N-methyl/N-ethyl adjacent to an activating group) is 1. The summed E-state index contributed by atoms with van der Waals surface area (Å²) in [4.78, 5) is 8.87. The lowest BCUT2D eigenvalue weighted by Crippen LogP contribution is -2.42. The van der Waals surface area contributed by atoms with Crippen LogP contribution in [0.25, 0.3) is 0 Å². The molecule has 0 radical (unpaired) electrons. The Balaban J connectivity index is 2.13. The van der Waals surface area contributed by atoms with E-state index in [4.69, 9.17) is 4.74 Å². The molecule has 0 spiro atoms. The van der Waals surface area contributed by atoms with Gasteiger partial charge < -0.3 is 14.5 Å². The average molecular weight is 221 g/mol. The largest absolute Gasteiger partial charge is 0.485 e. The molecule has 4 heteroatoms. The van der Waals surface area contributed by atoms with Gasteiger partial charge in [-0.3, -0.25) is 0 Å². The van der Waals surface area contributed by atoms with Crippen molar-refractivity contribution in [1.82, 2.24) is 9.88 Å². The molecule has 0 aromatic carbocycles. The second-order valence-electron chi connectivity index (χ2n) is 4.50. The molecule has 0 bridgehead atoms. The van der Waals surface area contributed by atoms with Crippen molar-refractivity contribution in [2.45, 2.75) is 13.0 Å². The Hall–Kier alpha value is -1.29. The molecule has 2 heterocycles. The predicted octanol–water partition coefficient (Wildman–Crippen LogP) is 1.23. The zero-order valence-corrected chi connectivity index (χ0v) is 10.2. The van der Waals surface area contributed by atoms with E-state index in [2.05, 4.69) is 35.8 Å². The fourth-order valence-corrected chi connectivity index (χ4v) is 1.88. The third-order valence-electron chi connectivity index (χ3n) is 2.67. The van der Waals surface area contributed by atoms with E-state index in [9.17, 15) is 0 Å². The maximum atomic E-state index is 5.75. The highest BCUT2D eigenvalue weighted by Crippen LogP contribution is 2.30. The van der Waals surface area contributed by atoms with Crippen molar-refractivity contribution < 1.29 is 4.74 Å². The van der Waals surface area contributed by atoms with Gasteiger partial charge in [0.2, 0.25) is 0 Å². The van der Waals surface area contributed by atoms with Crippen molar-refractivity contribution in [1.29, 1.82) is 0 Å². The Kier molecular flexibility index (Phi) is 3.29. The molecule has 0 N–H and O–H groups in total. The lowest BCUT2D eigenvalue weighted by atomic mass is 10.2. The van der Waals surface area contributed by atoms with Crippen LogP contribution in [0.2, 0.25) is 0 Å². The van der Waals surface area contributed by atoms with E-state index in [0.717, 1.165) is 31.2 Å².